The zero-order valence-corrected chi connectivity index (χ0v) is 10.0. The monoisotopic (exact) mass is 275 g/mol. The van der Waals surface area contributed by atoms with Crippen LogP contribution in [-0.2, 0) is 0 Å². The Kier molecular flexibility index (Phi) is 3.75. The number of amides is 1. The molecule has 0 unspecified atom stereocenters. The van der Waals surface area contributed by atoms with Crippen LogP contribution in [0.4, 0.5) is 5.88 Å². The summed E-state index contributed by atoms with van der Waals surface area (Å²) in [6.45, 7) is 0. The highest BCUT2D eigenvalue weighted by Crippen LogP contribution is 2.15. The van der Waals surface area contributed by atoms with Crippen LogP contribution in [0.3, 0.4) is 0 Å². The summed E-state index contributed by atoms with van der Waals surface area (Å²) in [6.07, 6.45) is 1.36. The Bertz CT molecular complexity index is 660. The van der Waals surface area contributed by atoms with Crippen molar-refractivity contribution in [3.63, 3.8) is 0 Å². The molecule has 8 heteroatoms. The number of carbonyl (C=O) groups is 1. The molecule has 0 bridgehead atoms. The maximum atomic E-state index is 11.5. The molecule has 2 N–H and O–H groups in total. The Morgan fingerprint density at radius 3 is 2.60 bits per heavy atom. The van der Waals surface area contributed by atoms with Crippen molar-refractivity contribution in [1.29, 1.82) is 0 Å². The van der Waals surface area contributed by atoms with E-state index in [1.165, 1.54) is 24.4 Å². The normalized spacial score (nSPS) is 10.6. The molecule has 1 amide bonds. The number of hydrogen-bond donors (Lipinski definition) is 2. The summed E-state index contributed by atoms with van der Waals surface area (Å²) in [7, 11) is 0. The van der Waals surface area contributed by atoms with Crippen molar-refractivity contribution in [2.45, 2.75) is 0 Å². The lowest BCUT2D eigenvalue weighted by molar-refractivity contribution is -0.402. The van der Waals surface area contributed by atoms with Gasteiger partial charge in [0, 0.05) is 0 Å². The van der Waals surface area contributed by atoms with Gasteiger partial charge in [-0.3, -0.25) is 14.9 Å². The minimum Gasteiger partial charge on any atom is -0.508 e. The molecule has 0 aliphatic carbocycles. The number of nitrogens with zero attached hydrogens (tertiary/aromatic N) is 2. The first-order valence-corrected chi connectivity index (χ1v) is 5.43. The topological polar surface area (TPSA) is 118 Å². The van der Waals surface area contributed by atoms with E-state index in [0.29, 0.717) is 5.56 Å². The Balaban J connectivity index is 1.97. The fourth-order valence-electron chi connectivity index (χ4n) is 1.33. The molecule has 1 heterocycles. The molecule has 8 nitrogen and oxygen atoms in total. The number of aromatic hydroxyl groups is 1. The molecule has 0 aliphatic heterocycles. The highest BCUT2D eigenvalue weighted by molar-refractivity contribution is 5.92. The van der Waals surface area contributed by atoms with Crippen LogP contribution in [0.2, 0.25) is 0 Å². The largest absolute Gasteiger partial charge is 0.508 e. The first kappa shape index (κ1) is 13.3. The van der Waals surface area contributed by atoms with Crippen molar-refractivity contribution in [1.82, 2.24) is 5.43 Å². The number of benzene rings is 1. The molecule has 0 fully saturated rings. The van der Waals surface area contributed by atoms with Gasteiger partial charge in [0.2, 0.25) is 5.76 Å². The van der Waals surface area contributed by atoms with Crippen LogP contribution in [0.5, 0.6) is 5.75 Å². The third-order valence-corrected chi connectivity index (χ3v) is 2.27. The lowest BCUT2D eigenvalue weighted by atomic mass is 10.2. The number of phenolic OH excluding ortho intramolecular Hbond substituents is 1. The van der Waals surface area contributed by atoms with E-state index < -0.39 is 16.7 Å². The van der Waals surface area contributed by atoms with Gasteiger partial charge in [-0.25, -0.2) is 5.43 Å². The summed E-state index contributed by atoms with van der Waals surface area (Å²) < 4.78 is 4.71. The van der Waals surface area contributed by atoms with E-state index in [9.17, 15) is 14.9 Å². The highest BCUT2D eigenvalue weighted by Gasteiger charge is 2.16. The van der Waals surface area contributed by atoms with Gasteiger partial charge in [0.25, 0.3) is 0 Å². The van der Waals surface area contributed by atoms with Crippen LogP contribution < -0.4 is 5.43 Å². The first-order chi connectivity index (χ1) is 9.56. The maximum absolute atomic E-state index is 11.5. The van der Waals surface area contributed by atoms with E-state index in [-0.39, 0.29) is 11.5 Å². The first-order valence-electron chi connectivity index (χ1n) is 5.43. The van der Waals surface area contributed by atoms with Crippen molar-refractivity contribution in [2.75, 3.05) is 0 Å². The van der Waals surface area contributed by atoms with E-state index in [1.807, 2.05) is 0 Å². The van der Waals surface area contributed by atoms with Gasteiger partial charge in [0.15, 0.2) is 0 Å². The number of furan rings is 1. The number of nitrogens with one attached hydrogen (secondary N) is 1. The third-order valence-electron chi connectivity index (χ3n) is 2.27. The predicted molar refractivity (Wildman–Crippen MR) is 68.5 cm³/mol. The van der Waals surface area contributed by atoms with E-state index in [0.717, 1.165) is 6.07 Å². The number of hydrogen-bond acceptors (Lipinski definition) is 6. The van der Waals surface area contributed by atoms with Crippen molar-refractivity contribution in [3.05, 3.63) is 57.8 Å². The van der Waals surface area contributed by atoms with Crippen LogP contribution in [0.15, 0.2) is 45.9 Å². The van der Waals surface area contributed by atoms with Crippen molar-refractivity contribution < 1.29 is 19.2 Å². The minimum atomic E-state index is -0.740. The highest BCUT2D eigenvalue weighted by atomic mass is 16.6. The van der Waals surface area contributed by atoms with Crippen LogP contribution in [-0.4, -0.2) is 22.2 Å². The molecule has 2 rings (SSSR count). The number of rotatable bonds is 4. The molecule has 0 aliphatic rings. The summed E-state index contributed by atoms with van der Waals surface area (Å²) in [6, 6.07) is 8.41. The Labute approximate surface area is 112 Å². The second-order valence-electron chi connectivity index (χ2n) is 3.69. The maximum Gasteiger partial charge on any atom is 0.433 e. The fourth-order valence-corrected chi connectivity index (χ4v) is 1.33. The van der Waals surface area contributed by atoms with Gasteiger partial charge in [-0.2, -0.15) is 5.10 Å². The fraction of sp³-hybridized carbons (Fsp3) is 0. The molecular weight excluding hydrogens is 266 g/mol. The SMILES string of the molecule is O=C(N/N=C/c1ccc(O)cc1)c1ccc([N+](=O)[O-])o1. The van der Waals surface area contributed by atoms with E-state index in [4.69, 9.17) is 9.52 Å². The summed E-state index contributed by atoms with van der Waals surface area (Å²) >= 11 is 0. The molecule has 20 heavy (non-hydrogen) atoms. The van der Waals surface area contributed by atoms with Crippen molar-refractivity contribution in [3.8, 4) is 5.75 Å². The molecule has 0 radical (unpaired) electrons. The number of phenols is 1. The lowest BCUT2D eigenvalue weighted by Crippen LogP contribution is -2.16. The standard InChI is InChI=1S/C12H9N3O5/c16-9-3-1-8(2-4-9)7-13-14-12(17)10-5-6-11(20-10)15(18)19/h1-7,16H,(H,14,17)/b13-7+. The van der Waals surface area contributed by atoms with Gasteiger partial charge in [-0.15, -0.1) is 0 Å². The quantitative estimate of drug-likeness (QED) is 0.499. The van der Waals surface area contributed by atoms with E-state index in [1.54, 1.807) is 12.1 Å². The molecule has 0 atom stereocenters. The molecule has 1 aromatic carbocycles. The van der Waals surface area contributed by atoms with Crippen LogP contribution in [0, 0.1) is 10.1 Å². The Morgan fingerprint density at radius 1 is 1.30 bits per heavy atom. The number of hydrazone groups is 1. The zero-order valence-electron chi connectivity index (χ0n) is 10.0. The third kappa shape index (κ3) is 3.19. The average Bonchev–Trinajstić information content (AvgIpc) is 2.91. The smallest absolute Gasteiger partial charge is 0.433 e. The molecule has 102 valence electrons. The molecule has 0 saturated heterocycles. The number of carbonyl (C=O) groups excluding carboxylic acids is 1. The zero-order chi connectivity index (χ0) is 14.5. The second-order valence-corrected chi connectivity index (χ2v) is 3.69. The Morgan fingerprint density at radius 2 is 2.00 bits per heavy atom. The van der Waals surface area contributed by atoms with Gasteiger partial charge in [0.05, 0.1) is 12.3 Å². The van der Waals surface area contributed by atoms with Gasteiger partial charge < -0.3 is 9.52 Å². The summed E-state index contributed by atoms with van der Waals surface area (Å²) in [5.41, 5.74) is 2.83. The lowest BCUT2D eigenvalue weighted by Gasteiger charge is -1.95. The predicted octanol–water partition coefficient (Wildman–Crippen LogP) is 1.66. The number of nitro groups is 1. The van der Waals surface area contributed by atoms with Gasteiger partial charge in [0.1, 0.15) is 10.7 Å². The molecule has 1 aromatic heterocycles. The average molecular weight is 275 g/mol. The molecule has 2 aromatic rings. The second kappa shape index (κ2) is 5.65. The van der Waals surface area contributed by atoms with Crippen LogP contribution in [0.1, 0.15) is 16.1 Å². The van der Waals surface area contributed by atoms with Crippen LogP contribution >= 0.6 is 0 Å². The molecular formula is C12H9N3O5. The van der Waals surface area contributed by atoms with Gasteiger partial charge >= 0.3 is 11.8 Å². The van der Waals surface area contributed by atoms with E-state index >= 15 is 0 Å². The summed E-state index contributed by atoms with van der Waals surface area (Å²) in [5.74, 6) is -1.31. The molecule has 0 saturated carbocycles. The minimum absolute atomic E-state index is 0.120. The van der Waals surface area contributed by atoms with Crippen molar-refractivity contribution >= 4 is 18.0 Å². The van der Waals surface area contributed by atoms with Crippen LogP contribution in [0.25, 0.3) is 0 Å². The van der Waals surface area contributed by atoms with Crippen molar-refractivity contribution in [2.24, 2.45) is 5.10 Å². The van der Waals surface area contributed by atoms with Gasteiger partial charge in [-0.1, -0.05) is 0 Å². The van der Waals surface area contributed by atoms with E-state index in [2.05, 4.69) is 10.5 Å². The molecule has 0 spiro atoms. The summed E-state index contributed by atoms with van der Waals surface area (Å²) in [4.78, 5) is 21.2. The van der Waals surface area contributed by atoms with Gasteiger partial charge in [-0.05, 0) is 35.9 Å². The Hall–Kier alpha value is -3.16. The summed E-state index contributed by atoms with van der Waals surface area (Å²) in [5, 5.41) is 23.1.